The van der Waals surface area contributed by atoms with Crippen LogP contribution in [0.4, 0.5) is 16.2 Å². The average Bonchev–Trinajstić information content (AvgIpc) is 3.03. The van der Waals surface area contributed by atoms with Gasteiger partial charge in [0.05, 0.1) is 11.4 Å². The molecular weight excluding hydrogens is 264 g/mol. The Balaban J connectivity index is 1.71. The van der Waals surface area contributed by atoms with Crippen LogP contribution in [0.3, 0.4) is 0 Å². The highest BCUT2D eigenvalue weighted by Gasteiger charge is 2.16. The number of rotatable bonds is 3. The van der Waals surface area contributed by atoms with Crippen molar-refractivity contribution in [3.8, 4) is 5.75 Å². The number of carbonyl (C=O) groups is 1. The van der Waals surface area contributed by atoms with E-state index in [1.807, 2.05) is 42.5 Å². The quantitative estimate of drug-likeness (QED) is 0.928. The van der Waals surface area contributed by atoms with Crippen LogP contribution < -0.4 is 15.0 Å². The van der Waals surface area contributed by atoms with Crippen LogP contribution in [0, 0.1) is 0 Å². The first-order chi connectivity index (χ1) is 10.3. The Kier molecular flexibility index (Phi) is 4.05. The van der Waals surface area contributed by atoms with Gasteiger partial charge in [-0.2, -0.15) is 0 Å². The van der Waals surface area contributed by atoms with Crippen LogP contribution >= 0.6 is 0 Å². The molecule has 108 valence electrons. The van der Waals surface area contributed by atoms with Gasteiger partial charge in [-0.1, -0.05) is 30.3 Å². The molecule has 21 heavy (non-hydrogen) atoms. The number of carbonyl (C=O) groups excluding carboxylic acids is 1. The van der Waals surface area contributed by atoms with Crippen LogP contribution in [0.15, 0.2) is 54.6 Å². The molecule has 4 heteroatoms. The third kappa shape index (κ3) is 3.34. The Morgan fingerprint density at radius 2 is 1.62 bits per heavy atom. The van der Waals surface area contributed by atoms with E-state index in [0.29, 0.717) is 5.75 Å². The number of nitrogens with zero attached hydrogens (tertiary/aromatic N) is 1. The average molecular weight is 282 g/mol. The van der Waals surface area contributed by atoms with E-state index in [2.05, 4.69) is 10.2 Å². The van der Waals surface area contributed by atoms with Crippen LogP contribution in [0.5, 0.6) is 5.75 Å². The lowest BCUT2D eigenvalue weighted by Crippen LogP contribution is -2.22. The first-order valence-electron chi connectivity index (χ1n) is 7.21. The van der Waals surface area contributed by atoms with Gasteiger partial charge in [0.1, 0.15) is 5.75 Å². The molecule has 1 aliphatic rings. The number of hydrogen-bond acceptors (Lipinski definition) is 3. The van der Waals surface area contributed by atoms with Crippen molar-refractivity contribution in [2.75, 3.05) is 23.3 Å². The summed E-state index contributed by atoms with van der Waals surface area (Å²) in [5.41, 5.74) is 1.85. The lowest BCUT2D eigenvalue weighted by atomic mass is 10.2. The molecule has 3 rings (SSSR count). The molecule has 1 amide bonds. The van der Waals surface area contributed by atoms with Gasteiger partial charge in [0, 0.05) is 13.1 Å². The van der Waals surface area contributed by atoms with Gasteiger partial charge in [0.25, 0.3) is 0 Å². The van der Waals surface area contributed by atoms with Crippen molar-refractivity contribution in [2.24, 2.45) is 0 Å². The van der Waals surface area contributed by atoms with Gasteiger partial charge in [-0.15, -0.1) is 0 Å². The second-order valence-electron chi connectivity index (χ2n) is 5.04. The van der Waals surface area contributed by atoms with E-state index in [9.17, 15) is 4.79 Å². The standard InChI is InChI=1S/C17H18N2O2/c20-17(21-14-8-2-1-3-9-14)18-15-10-4-5-11-16(15)19-12-6-7-13-19/h1-5,8-11H,6-7,12-13H2,(H,18,20). The van der Waals surface area contributed by atoms with Gasteiger partial charge in [-0.3, -0.25) is 5.32 Å². The Morgan fingerprint density at radius 1 is 0.952 bits per heavy atom. The first-order valence-corrected chi connectivity index (χ1v) is 7.21. The van der Waals surface area contributed by atoms with Crippen LogP contribution in [0.1, 0.15) is 12.8 Å². The highest BCUT2D eigenvalue weighted by atomic mass is 16.6. The van der Waals surface area contributed by atoms with Crippen molar-refractivity contribution in [3.05, 3.63) is 54.6 Å². The molecule has 0 atom stereocenters. The lowest BCUT2D eigenvalue weighted by Gasteiger charge is -2.21. The SMILES string of the molecule is O=C(Nc1ccccc1N1CCCC1)Oc1ccccc1. The molecule has 1 N–H and O–H groups in total. The van der Waals surface area contributed by atoms with Gasteiger partial charge in [-0.25, -0.2) is 4.79 Å². The van der Waals surface area contributed by atoms with Crippen LogP contribution in [-0.2, 0) is 0 Å². The summed E-state index contributed by atoms with van der Waals surface area (Å²) in [4.78, 5) is 14.3. The predicted molar refractivity (Wildman–Crippen MR) is 84.0 cm³/mol. The van der Waals surface area contributed by atoms with Crippen molar-refractivity contribution in [1.29, 1.82) is 0 Å². The summed E-state index contributed by atoms with van der Waals surface area (Å²) >= 11 is 0. The zero-order valence-electron chi connectivity index (χ0n) is 11.8. The number of benzene rings is 2. The molecule has 1 aliphatic heterocycles. The van der Waals surface area contributed by atoms with Crippen molar-refractivity contribution in [1.82, 2.24) is 0 Å². The summed E-state index contributed by atoms with van der Waals surface area (Å²) in [5.74, 6) is 0.536. The number of hydrogen-bond donors (Lipinski definition) is 1. The Morgan fingerprint density at radius 3 is 2.38 bits per heavy atom. The maximum Gasteiger partial charge on any atom is 0.417 e. The summed E-state index contributed by atoms with van der Waals surface area (Å²) in [5, 5.41) is 2.83. The zero-order valence-corrected chi connectivity index (χ0v) is 11.8. The highest BCUT2D eigenvalue weighted by molar-refractivity contribution is 5.90. The van der Waals surface area contributed by atoms with E-state index in [1.165, 1.54) is 12.8 Å². The molecule has 4 nitrogen and oxygen atoms in total. The van der Waals surface area contributed by atoms with Crippen LogP contribution in [0.2, 0.25) is 0 Å². The topological polar surface area (TPSA) is 41.6 Å². The van der Waals surface area contributed by atoms with Gasteiger partial charge in [0.2, 0.25) is 0 Å². The third-order valence-electron chi connectivity index (χ3n) is 3.54. The van der Waals surface area contributed by atoms with Crippen molar-refractivity contribution in [3.63, 3.8) is 0 Å². The zero-order chi connectivity index (χ0) is 14.5. The second-order valence-corrected chi connectivity index (χ2v) is 5.04. The summed E-state index contributed by atoms with van der Waals surface area (Å²) in [6.45, 7) is 2.07. The van der Waals surface area contributed by atoms with Crippen molar-refractivity contribution in [2.45, 2.75) is 12.8 Å². The summed E-state index contributed by atoms with van der Waals surface area (Å²) in [7, 11) is 0. The van der Waals surface area contributed by atoms with Crippen molar-refractivity contribution < 1.29 is 9.53 Å². The maximum atomic E-state index is 12.0. The Hall–Kier alpha value is -2.49. The number of ether oxygens (including phenoxy) is 1. The molecule has 0 bridgehead atoms. The van der Waals surface area contributed by atoms with Gasteiger partial charge in [-0.05, 0) is 37.1 Å². The molecule has 0 aliphatic carbocycles. The van der Waals surface area contributed by atoms with Gasteiger partial charge in [0.15, 0.2) is 0 Å². The van der Waals surface area contributed by atoms with Crippen LogP contribution in [0.25, 0.3) is 0 Å². The fourth-order valence-electron chi connectivity index (χ4n) is 2.54. The van der Waals surface area contributed by atoms with E-state index in [0.717, 1.165) is 24.5 Å². The van der Waals surface area contributed by atoms with E-state index in [4.69, 9.17) is 4.74 Å². The molecular formula is C17H18N2O2. The third-order valence-corrected chi connectivity index (χ3v) is 3.54. The summed E-state index contributed by atoms with van der Waals surface area (Å²) in [6, 6.07) is 16.9. The highest BCUT2D eigenvalue weighted by Crippen LogP contribution is 2.28. The molecule has 1 saturated heterocycles. The normalized spacial score (nSPS) is 14.0. The lowest BCUT2D eigenvalue weighted by molar-refractivity contribution is 0.215. The van der Waals surface area contributed by atoms with Gasteiger partial charge >= 0.3 is 6.09 Å². The summed E-state index contributed by atoms with van der Waals surface area (Å²) in [6.07, 6.45) is 1.93. The van der Waals surface area contributed by atoms with E-state index < -0.39 is 6.09 Å². The summed E-state index contributed by atoms with van der Waals surface area (Å²) < 4.78 is 5.27. The van der Waals surface area contributed by atoms with Crippen LogP contribution in [-0.4, -0.2) is 19.2 Å². The fraction of sp³-hybridized carbons (Fsp3) is 0.235. The van der Waals surface area contributed by atoms with E-state index >= 15 is 0 Å². The monoisotopic (exact) mass is 282 g/mol. The smallest absolute Gasteiger partial charge is 0.410 e. The Bertz CT molecular complexity index is 607. The van der Waals surface area contributed by atoms with Crippen molar-refractivity contribution >= 4 is 17.5 Å². The molecule has 0 spiro atoms. The Labute approximate surface area is 124 Å². The molecule has 0 aromatic heterocycles. The largest absolute Gasteiger partial charge is 0.417 e. The van der Waals surface area contributed by atoms with E-state index in [-0.39, 0.29) is 0 Å². The molecule has 1 fully saturated rings. The number of nitrogens with one attached hydrogen (secondary N) is 1. The molecule has 2 aromatic rings. The molecule has 0 unspecified atom stereocenters. The van der Waals surface area contributed by atoms with Gasteiger partial charge < -0.3 is 9.64 Å². The van der Waals surface area contributed by atoms with E-state index in [1.54, 1.807) is 12.1 Å². The number of anilines is 2. The number of para-hydroxylation sites is 3. The predicted octanol–water partition coefficient (Wildman–Crippen LogP) is 3.90. The maximum absolute atomic E-state index is 12.0. The minimum absolute atomic E-state index is 0.465. The molecule has 0 saturated carbocycles. The fourth-order valence-corrected chi connectivity index (χ4v) is 2.54. The second kappa shape index (κ2) is 6.31. The number of amides is 1. The minimum Gasteiger partial charge on any atom is -0.410 e. The molecule has 1 heterocycles. The molecule has 0 radical (unpaired) electrons. The minimum atomic E-state index is -0.465. The first kappa shape index (κ1) is 13.5. The molecule has 2 aromatic carbocycles.